The number of benzene rings is 1. The van der Waals surface area contributed by atoms with Crippen LogP contribution in [0.5, 0.6) is 0 Å². The number of anilines is 1. The molecule has 6 heterocycles. The number of unbranched alkanes of at least 4 members (excludes halogenated alkanes) is 1. The molecule has 0 spiro atoms. The number of nitrogens with zero attached hydrogens (tertiary/aromatic N) is 7. The number of piperazine rings is 1. The number of carbonyl (C=O) groups is 7. The number of pyridine rings is 1. The number of nitrogens with one attached hydrogen (secondary N) is 2. The zero-order chi connectivity index (χ0) is 47.7. The second kappa shape index (κ2) is 25.3. The SMILES string of the molecule is O=C(/C=C/c1cccnc1)NCCCCC1CCN(C(=O)c2ccc(N3CCN(C(=O)CCOCCOCCOCCSc4cccc5c4C(=O)N(C4CCC(=O)NC4=O)C5=O)CC3)nn2)CC1. The summed E-state index contributed by atoms with van der Waals surface area (Å²) in [6.07, 6.45) is 12.0. The predicted molar refractivity (Wildman–Crippen MR) is 250 cm³/mol. The predicted octanol–water partition coefficient (Wildman–Crippen LogP) is 3.01. The standard InChI is InChI=1S/C48H59N9O10S/c58-41(13-9-35-6-4-18-49-33-35)50-19-2-1-5-34-15-20-56(21-16-34)47(63)37-10-12-40(53-52-37)54-22-24-55(25-23-54)43(60)17-26-65-27-28-66-29-30-67-31-32-68-39-8-3-7-36-44(39)48(64)57(46(36)62)38-11-14-42(59)51-45(38)61/h3-4,6-10,12-13,18,33-34,38H,1-2,5,11,14-17,19-32H2,(H,50,58)(H,51,59,61)/b13-9+. The van der Waals surface area contributed by atoms with E-state index in [2.05, 4.69) is 30.7 Å². The van der Waals surface area contributed by atoms with Gasteiger partial charge in [-0.15, -0.1) is 22.0 Å². The van der Waals surface area contributed by atoms with Gasteiger partial charge in [0.2, 0.25) is 23.6 Å². The molecular weight excluding hydrogens is 895 g/mol. The lowest BCUT2D eigenvalue weighted by molar-refractivity contribution is -0.136. The summed E-state index contributed by atoms with van der Waals surface area (Å²) >= 11 is 1.38. The largest absolute Gasteiger partial charge is 0.379 e. The highest BCUT2D eigenvalue weighted by Gasteiger charge is 2.45. The number of likely N-dealkylation sites (tertiary alicyclic amines) is 1. The monoisotopic (exact) mass is 953 g/mol. The number of imide groups is 2. The highest BCUT2D eigenvalue weighted by atomic mass is 32.2. The summed E-state index contributed by atoms with van der Waals surface area (Å²) in [6, 6.07) is 11.3. The lowest BCUT2D eigenvalue weighted by atomic mass is 9.91. The maximum atomic E-state index is 13.3. The topological polar surface area (TPSA) is 223 Å². The van der Waals surface area contributed by atoms with Crippen LogP contribution >= 0.6 is 11.8 Å². The van der Waals surface area contributed by atoms with Crippen molar-refractivity contribution in [2.75, 3.05) is 96.1 Å². The van der Waals surface area contributed by atoms with Crippen molar-refractivity contribution in [3.05, 3.63) is 83.3 Å². The second-order valence-corrected chi connectivity index (χ2v) is 18.0. The highest BCUT2D eigenvalue weighted by Crippen LogP contribution is 2.34. The molecule has 4 aliphatic heterocycles. The third-order valence-corrected chi connectivity index (χ3v) is 13.3. The summed E-state index contributed by atoms with van der Waals surface area (Å²) in [5.74, 6) is -0.584. The molecule has 362 valence electrons. The van der Waals surface area contributed by atoms with Crippen molar-refractivity contribution in [2.45, 2.75) is 62.3 Å². The lowest BCUT2D eigenvalue weighted by Crippen LogP contribution is -2.54. The fraction of sp³-hybridized carbons (Fsp3) is 0.500. The summed E-state index contributed by atoms with van der Waals surface area (Å²) in [4.78, 5) is 99.8. The third kappa shape index (κ3) is 13.8. The molecule has 3 saturated heterocycles. The van der Waals surface area contributed by atoms with Gasteiger partial charge in [-0.3, -0.25) is 48.8 Å². The molecule has 68 heavy (non-hydrogen) atoms. The van der Waals surface area contributed by atoms with Crippen molar-refractivity contribution in [1.29, 1.82) is 0 Å². The van der Waals surface area contributed by atoms with E-state index in [1.165, 1.54) is 17.8 Å². The number of rotatable bonds is 23. The molecule has 1 atom stereocenters. The smallest absolute Gasteiger partial charge is 0.274 e. The fourth-order valence-electron chi connectivity index (χ4n) is 8.53. The Morgan fingerprint density at radius 1 is 0.794 bits per heavy atom. The van der Waals surface area contributed by atoms with Gasteiger partial charge in [0.05, 0.1) is 57.2 Å². The summed E-state index contributed by atoms with van der Waals surface area (Å²) in [5, 5.41) is 13.8. The minimum absolute atomic E-state index is 0.0188. The van der Waals surface area contributed by atoms with Crippen LogP contribution in [0.4, 0.5) is 5.82 Å². The highest BCUT2D eigenvalue weighted by molar-refractivity contribution is 7.99. The van der Waals surface area contributed by atoms with Crippen LogP contribution in [-0.2, 0) is 33.4 Å². The van der Waals surface area contributed by atoms with Gasteiger partial charge in [-0.05, 0) is 73.6 Å². The van der Waals surface area contributed by atoms with Crippen molar-refractivity contribution in [1.82, 2.24) is 40.5 Å². The number of fused-ring (bicyclic) bond motifs is 1. The normalized spacial score (nSPS) is 17.8. The van der Waals surface area contributed by atoms with Crippen LogP contribution in [-0.4, -0.2) is 168 Å². The Bertz CT molecular complexity index is 2270. The molecule has 1 aromatic carbocycles. The van der Waals surface area contributed by atoms with Crippen LogP contribution in [0.15, 0.2) is 65.8 Å². The van der Waals surface area contributed by atoms with E-state index >= 15 is 0 Å². The van der Waals surface area contributed by atoms with Crippen molar-refractivity contribution >= 4 is 65.0 Å². The number of ether oxygens (including phenoxy) is 3. The van der Waals surface area contributed by atoms with Crippen LogP contribution < -0.4 is 15.5 Å². The summed E-state index contributed by atoms with van der Waals surface area (Å²) < 4.78 is 16.9. The molecule has 0 radical (unpaired) electrons. The second-order valence-electron chi connectivity index (χ2n) is 16.8. The molecule has 2 N–H and O–H groups in total. The molecule has 4 aliphatic rings. The Morgan fingerprint density at radius 2 is 1.56 bits per heavy atom. The van der Waals surface area contributed by atoms with E-state index in [1.807, 2.05) is 28.0 Å². The molecule has 2 aromatic heterocycles. The molecule has 3 aromatic rings. The Labute approximate surface area is 399 Å². The average molecular weight is 954 g/mol. The van der Waals surface area contributed by atoms with E-state index in [-0.39, 0.29) is 54.7 Å². The van der Waals surface area contributed by atoms with E-state index in [0.29, 0.717) is 107 Å². The first kappa shape index (κ1) is 49.8. The van der Waals surface area contributed by atoms with E-state index in [0.717, 1.165) is 42.6 Å². The van der Waals surface area contributed by atoms with Gasteiger partial charge in [0.25, 0.3) is 17.7 Å². The first-order valence-corrected chi connectivity index (χ1v) is 24.4. The summed E-state index contributed by atoms with van der Waals surface area (Å²) in [7, 11) is 0. The Kier molecular flexibility index (Phi) is 18.5. The minimum Gasteiger partial charge on any atom is -0.379 e. The number of aromatic nitrogens is 3. The van der Waals surface area contributed by atoms with Crippen LogP contribution in [0.2, 0.25) is 0 Å². The lowest BCUT2D eigenvalue weighted by Gasteiger charge is -2.35. The van der Waals surface area contributed by atoms with Gasteiger partial charge in [0, 0.05) is 81.4 Å². The van der Waals surface area contributed by atoms with Crippen LogP contribution in [0.25, 0.3) is 6.08 Å². The third-order valence-electron chi connectivity index (χ3n) is 12.3. The van der Waals surface area contributed by atoms with Gasteiger partial charge >= 0.3 is 0 Å². The molecule has 0 aliphatic carbocycles. The molecule has 3 fully saturated rings. The molecule has 19 nitrogen and oxygen atoms in total. The Morgan fingerprint density at radius 3 is 2.28 bits per heavy atom. The van der Waals surface area contributed by atoms with Crippen molar-refractivity contribution in [2.24, 2.45) is 5.92 Å². The minimum atomic E-state index is -1.01. The first-order chi connectivity index (χ1) is 33.2. The van der Waals surface area contributed by atoms with Crippen molar-refractivity contribution < 1.29 is 47.8 Å². The van der Waals surface area contributed by atoms with Gasteiger partial charge in [-0.25, -0.2) is 0 Å². The molecule has 0 saturated carbocycles. The van der Waals surface area contributed by atoms with E-state index in [9.17, 15) is 33.6 Å². The maximum absolute atomic E-state index is 13.3. The fourth-order valence-corrected chi connectivity index (χ4v) is 9.47. The Hall–Kier alpha value is -6.09. The summed E-state index contributed by atoms with van der Waals surface area (Å²) in [6.45, 7) is 6.36. The number of thioether (sulfide) groups is 1. The van der Waals surface area contributed by atoms with Gasteiger partial charge in [0.15, 0.2) is 11.5 Å². The van der Waals surface area contributed by atoms with Gasteiger partial charge < -0.3 is 34.2 Å². The molecule has 20 heteroatoms. The number of amides is 7. The van der Waals surface area contributed by atoms with Crippen LogP contribution in [0.3, 0.4) is 0 Å². The quantitative estimate of drug-likeness (QED) is 0.0604. The molecule has 7 amide bonds. The van der Waals surface area contributed by atoms with E-state index in [1.54, 1.807) is 42.7 Å². The zero-order valence-electron chi connectivity index (χ0n) is 38.2. The molecular formula is C48H59N9O10S. The average Bonchev–Trinajstić information content (AvgIpc) is 3.62. The van der Waals surface area contributed by atoms with Gasteiger partial charge in [-0.1, -0.05) is 25.0 Å². The number of carbonyl (C=O) groups excluding carboxylic acids is 7. The van der Waals surface area contributed by atoms with Gasteiger partial charge in [-0.2, -0.15) is 0 Å². The number of piperidine rings is 2. The zero-order valence-corrected chi connectivity index (χ0v) is 39.0. The first-order valence-electron chi connectivity index (χ1n) is 23.4. The summed E-state index contributed by atoms with van der Waals surface area (Å²) in [5.41, 5.74) is 1.72. The van der Waals surface area contributed by atoms with E-state index < -0.39 is 29.7 Å². The van der Waals surface area contributed by atoms with Crippen LogP contribution in [0, 0.1) is 5.92 Å². The molecule has 1 unspecified atom stereocenters. The number of hydrogen-bond acceptors (Lipinski definition) is 15. The number of hydrogen-bond donors (Lipinski definition) is 2. The Balaban J connectivity index is 0.681. The van der Waals surface area contributed by atoms with Gasteiger partial charge in [0.1, 0.15) is 6.04 Å². The van der Waals surface area contributed by atoms with Crippen LogP contribution in [0.1, 0.15) is 88.1 Å². The molecule has 7 rings (SSSR count). The molecule has 0 bridgehead atoms. The van der Waals surface area contributed by atoms with Crippen molar-refractivity contribution in [3.63, 3.8) is 0 Å². The van der Waals surface area contributed by atoms with Crippen molar-refractivity contribution in [3.8, 4) is 0 Å². The maximum Gasteiger partial charge on any atom is 0.274 e. The van der Waals surface area contributed by atoms with E-state index in [4.69, 9.17) is 14.2 Å².